The van der Waals surface area contributed by atoms with Gasteiger partial charge < -0.3 is 9.67 Å². The van der Waals surface area contributed by atoms with Gasteiger partial charge in [-0.25, -0.2) is 0 Å². The van der Waals surface area contributed by atoms with Crippen LogP contribution < -0.4 is 0 Å². The summed E-state index contributed by atoms with van der Waals surface area (Å²) in [6, 6.07) is 9.96. The highest BCUT2D eigenvalue weighted by atomic mass is 35.5. The van der Waals surface area contributed by atoms with Gasteiger partial charge in [0.2, 0.25) is 0 Å². The molecule has 5 nitrogen and oxygen atoms in total. The number of rotatable bonds is 8. The number of carbonyl (C=O) groups excluding carboxylic acids is 1. The molecule has 1 N–H and O–H groups in total. The molecule has 2 heterocycles. The van der Waals surface area contributed by atoms with E-state index in [1.54, 1.807) is 26.1 Å². The lowest BCUT2D eigenvalue weighted by Crippen LogP contribution is -2.29. The fourth-order valence-corrected chi connectivity index (χ4v) is 4.57. The van der Waals surface area contributed by atoms with Crippen LogP contribution in [-0.2, 0) is 17.8 Å². The van der Waals surface area contributed by atoms with Gasteiger partial charge in [0.1, 0.15) is 0 Å². The van der Waals surface area contributed by atoms with Crippen molar-refractivity contribution in [2.75, 3.05) is 0 Å². The van der Waals surface area contributed by atoms with Crippen LogP contribution in [0.4, 0.5) is 0 Å². The number of hydrogen-bond acceptors (Lipinski definition) is 3. The largest absolute Gasteiger partial charge is 0.481 e. The lowest BCUT2D eigenvalue weighted by Gasteiger charge is -2.26. The first-order chi connectivity index (χ1) is 15.6. The lowest BCUT2D eigenvalue weighted by atomic mass is 9.78. The zero-order valence-electron chi connectivity index (χ0n) is 19.7. The second kappa shape index (κ2) is 8.94. The van der Waals surface area contributed by atoms with Gasteiger partial charge in [-0.15, -0.1) is 0 Å². The summed E-state index contributed by atoms with van der Waals surface area (Å²) >= 11 is 6.03. The van der Waals surface area contributed by atoms with Crippen LogP contribution in [0.1, 0.15) is 80.2 Å². The number of halogens is 1. The number of hydrogen-bond donors (Lipinski definition) is 1. The van der Waals surface area contributed by atoms with Gasteiger partial charge in [-0.2, -0.15) is 0 Å². The van der Waals surface area contributed by atoms with Crippen molar-refractivity contribution in [3.63, 3.8) is 0 Å². The summed E-state index contributed by atoms with van der Waals surface area (Å²) in [7, 11) is 0. The third-order valence-corrected chi connectivity index (χ3v) is 7.10. The van der Waals surface area contributed by atoms with E-state index in [4.69, 9.17) is 11.6 Å². The lowest BCUT2D eigenvalue weighted by molar-refractivity contribution is -0.146. The molecular weight excluding hydrogens is 436 g/mol. The minimum absolute atomic E-state index is 0.0205. The Morgan fingerprint density at radius 3 is 2.48 bits per heavy atom. The molecule has 33 heavy (non-hydrogen) atoms. The van der Waals surface area contributed by atoms with Crippen LogP contribution in [0.15, 0.2) is 36.5 Å². The minimum atomic E-state index is -1.02. The Kier molecular flexibility index (Phi) is 6.37. The summed E-state index contributed by atoms with van der Waals surface area (Å²) in [6.07, 6.45) is 4.73. The van der Waals surface area contributed by atoms with E-state index in [9.17, 15) is 14.7 Å². The molecule has 0 spiro atoms. The summed E-state index contributed by atoms with van der Waals surface area (Å²) in [5.41, 5.74) is 3.37. The van der Waals surface area contributed by atoms with Gasteiger partial charge in [-0.1, -0.05) is 37.9 Å². The van der Waals surface area contributed by atoms with E-state index >= 15 is 0 Å². The fraction of sp³-hybridized carbons (Fsp3) is 0.444. The number of carboxylic acid groups (broad SMARTS) is 1. The van der Waals surface area contributed by atoms with Gasteiger partial charge in [0, 0.05) is 40.7 Å². The predicted molar refractivity (Wildman–Crippen MR) is 131 cm³/mol. The van der Waals surface area contributed by atoms with Crippen molar-refractivity contribution in [2.45, 2.75) is 65.8 Å². The van der Waals surface area contributed by atoms with Gasteiger partial charge in [0.25, 0.3) is 0 Å². The zero-order valence-corrected chi connectivity index (χ0v) is 20.4. The number of pyridine rings is 1. The number of fused-ring (bicyclic) bond motifs is 1. The molecule has 0 amide bonds. The Morgan fingerprint density at radius 2 is 1.94 bits per heavy atom. The van der Waals surface area contributed by atoms with Crippen molar-refractivity contribution in [3.05, 3.63) is 64.1 Å². The summed E-state index contributed by atoms with van der Waals surface area (Å²) in [5.74, 6) is -0.395. The molecule has 1 fully saturated rings. The van der Waals surface area contributed by atoms with Gasteiger partial charge in [-0.05, 0) is 62.4 Å². The van der Waals surface area contributed by atoms with Crippen LogP contribution in [0.3, 0.4) is 0 Å². The molecule has 2 aromatic heterocycles. The molecule has 0 bridgehead atoms. The summed E-state index contributed by atoms with van der Waals surface area (Å²) in [4.78, 5) is 30.2. The summed E-state index contributed by atoms with van der Waals surface area (Å²) < 4.78 is 2.09. The molecule has 1 aliphatic carbocycles. The molecule has 1 aliphatic rings. The highest BCUT2D eigenvalue weighted by molar-refractivity contribution is 6.30. The van der Waals surface area contributed by atoms with E-state index in [2.05, 4.69) is 41.6 Å². The third-order valence-electron chi connectivity index (χ3n) is 6.88. The first kappa shape index (κ1) is 23.5. The van der Waals surface area contributed by atoms with Crippen LogP contribution >= 0.6 is 11.6 Å². The van der Waals surface area contributed by atoms with Crippen molar-refractivity contribution in [1.29, 1.82) is 0 Å². The van der Waals surface area contributed by atoms with Gasteiger partial charge >= 0.3 is 5.97 Å². The normalized spacial score (nSPS) is 14.6. The van der Waals surface area contributed by atoms with Crippen LogP contribution in [0.25, 0.3) is 10.9 Å². The third kappa shape index (κ3) is 4.56. The molecule has 6 heteroatoms. The number of aliphatic carboxylic acids is 1. The standard InChI is InChI=1S/C27H31ClN2O3/c1-16(2)18-8-11-22-21(12-18)24(25(31)17-6-5-7-17)23(13-27(3,4)26(32)33)30(22)15-20-10-9-19(28)14-29-20/h8-12,14,16-17H,5-7,13,15H2,1-4H3,(H,32,33). The molecule has 1 saturated carbocycles. The molecule has 1 aromatic carbocycles. The van der Waals surface area contributed by atoms with Crippen molar-refractivity contribution in [2.24, 2.45) is 11.3 Å². The van der Waals surface area contributed by atoms with E-state index in [-0.39, 0.29) is 18.1 Å². The van der Waals surface area contributed by atoms with Crippen molar-refractivity contribution < 1.29 is 14.7 Å². The Balaban J connectivity index is 1.97. The maximum absolute atomic E-state index is 13.7. The Labute approximate surface area is 199 Å². The molecule has 0 radical (unpaired) electrons. The molecule has 3 aromatic rings. The van der Waals surface area contributed by atoms with E-state index in [0.29, 0.717) is 23.0 Å². The van der Waals surface area contributed by atoms with E-state index in [1.165, 1.54) is 0 Å². The number of aromatic nitrogens is 2. The number of ketones is 1. The first-order valence-corrected chi connectivity index (χ1v) is 12.0. The smallest absolute Gasteiger partial charge is 0.309 e. The maximum atomic E-state index is 13.7. The monoisotopic (exact) mass is 466 g/mol. The maximum Gasteiger partial charge on any atom is 0.309 e. The van der Waals surface area contributed by atoms with Crippen LogP contribution in [-0.4, -0.2) is 26.4 Å². The minimum Gasteiger partial charge on any atom is -0.481 e. The van der Waals surface area contributed by atoms with Crippen LogP contribution in [0.2, 0.25) is 5.02 Å². The van der Waals surface area contributed by atoms with Gasteiger partial charge in [0.15, 0.2) is 5.78 Å². The molecule has 0 saturated heterocycles. The van der Waals surface area contributed by atoms with E-state index < -0.39 is 11.4 Å². The summed E-state index contributed by atoms with van der Waals surface area (Å²) in [6.45, 7) is 8.15. The van der Waals surface area contributed by atoms with Crippen LogP contribution in [0.5, 0.6) is 0 Å². The first-order valence-electron chi connectivity index (χ1n) is 11.6. The zero-order chi connectivity index (χ0) is 23.9. The number of nitrogens with zero attached hydrogens (tertiary/aromatic N) is 2. The number of carbonyl (C=O) groups is 2. The van der Waals surface area contributed by atoms with Crippen LogP contribution in [0, 0.1) is 11.3 Å². The average Bonchev–Trinajstić information content (AvgIpc) is 3.00. The SMILES string of the molecule is CC(C)c1ccc2c(c1)c(C(=O)C1CCC1)c(CC(C)(C)C(=O)O)n2Cc1ccc(Cl)cn1. The Bertz CT molecular complexity index is 1200. The fourth-order valence-electron chi connectivity index (χ4n) is 4.45. The molecule has 174 valence electrons. The second-order valence-electron chi connectivity index (χ2n) is 10.2. The quantitative estimate of drug-likeness (QED) is 0.384. The topological polar surface area (TPSA) is 72.2 Å². The predicted octanol–water partition coefficient (Wildman–Crippen LogP) is 6.50. The highest BCUT2D eigenvalue weighted by Crippen LogP contribution is 2.39. The van der Waals surface area contributed by atoms with Crippen molar-refractivity contribution in [1.82, 2.24) is 9.55 Å². The Morgan fingerprint density at radius 1 is 1.21 bits per heavy atom. The van der Waals surface area contributed by atoms with Gasteiger partial charge in [0.05, 0.1) is 22.7 Å². The summed E-state index contributed by atoms with van der Waals surface area (Å²) in [5, 5.41) is 11.4. The van der Waals surface area contributed by atoms with Crippen molar-refractivity contribution >= 4 is 34.3 Å². The second-order valence-corrected chi connectivity index (χ2v) is 10.6. The molecule has 4 rings (SSSR count). The molecule has 0 aliphatic heterocycles. The highest BCUT2D eigenvalue weighted by Gasteiger charge is 2.36. The number of carboxylic acids is 1. The van der Waals surface area contributed by atoms with Gasteiger partial charge in [-0.3, -0.25) is 14.6 Å². The molecular formula is C27H31ClN2O3. The Hall–Kier alpha value is -2.66. The number of benzene rings is 1. The molecule has 0 atom stereocenters. The van der Waals surface area contributed by atoms with Crippen molar-refractivity contribution in [3.8, 4) is 0 Å². The number of Topliss-reactive ketones (excluding diaryl/α,β-unsaturated/α-hetero) is 1. The van der Waals surface area contributed by atoms with E-state index in [1.807, 2.05) is 6.07 Å². The average molecular weight is 467 g/mol. The van der Waals surface area contributed by atoms with E-state index in [0.717, 1.165) is 47.1 Å². The molecule has 0 unspecified atom stereocenters.